The second kappa shape index (κ2) is 6.98. The molecule has 2 rings (SSSR count). The Balaban J connectivity index is 2.12. The molecule has 7 heteroatoms. The maximum Gasteiger partial charge on any atom is 0.241 e. The van der Waals surface area contributed by atoms with E-state index in [4.69, 9.17) is 5.14 Å². The maximum atomic E-state index is 12.6. The Morgan fingerprint density at radius 1 is 1.43 bits per heavy atom. The van der Waals surface area contributed by atoms with E-state index in [1.165, 1.54) is 6.07 Å². The van der Waals surface area contributed by atoms with Crippen molar-refractivity contribution in [1.29, 1.82) is 0 Å². The molecule has 2 N–H and O–H groups in total. The summed E-state index contributed by atoms with van der Waals surface area (Å²) in [6, 6.07) is 5.07. The first-order chi connectivity index (χ1) is 10.7. The third-order valence-electron chi connectivity index (χ3n) is 4.42. The number of carbonyl (C=O) groups excluding carboxylic acids is 1. The first-order valence-corrected chi connectivity index (χ1v) is 9.45. The van der Waals surface area contributed by atoms with Gasteiger partial charge in [-0.05, 0) is 50.6 Å². The summed E-state index contributed by atoms with van der Waals surface area (Å²) in [6.07, 6.45) is 2.79. The summed E-state index contributed by atoms with van der Waals surface area (Å²) in [5.41, 5.74) is 1.65. The molecule has 1 amide bonds. The summed E-state index contributed by atoms with van der Waals surface area (Å²) >= 11 is 0. The fourth-order valence-corrected chi connectivity index (χ4v) is 3.47. The van der Waals surface area contributed by atoms with Crippen molar-refractivity contribution in [2.45, 2.75) is 44.0 Å². The Kier molecular flexibility index (Phi) is 5.44. The SMILES string of the molecule is CCCC(C)N(C)CC(=O)N1CCc2cc(S(N)(=O)=O)ccc21. The molecule has 128 valence electrons. The van der Waals surface area contributed by atoms with E-state index in [-0.39, 0.29) is 10.8 Å². The lowest BCUT2D eigenvalue weighted by Gasteiger charge is -2.26. The average Bonchev–Trinajstić information content (AvgIpc) is 2.89. The van der Waals surface area contributed by atoms with Crippen LogP contribution in [-0.2, 0) is 21.2 Å². The van der Waals surface area contributed by atoms with Crippen LogP contribution in [0.25, 0.3) is 0 Å². The quantitative estimate of drug-likeness (QED) is 0.848. The van der Waals surface area contributed by atoms with E-state index >= 15 is 0 Å². The molecular weight excluding hydrogens is 314 g/mol. The Morgan fingerprint density at radius 3 is 2.74 bits per heavy atom. The van der Waals surface area contributed by atoms with Gasteiger partial charge >= 0.3 is 0 Å². The number of nitrogens with two attached hydrogens (primary N) is 1. The van der Waals surface area contributed by atoms with Gasteiger partial charge in [0.2, 0.25) is 15.9 Å². The van der Waals surface area contributed by atoms with Crippen LogP contribution in [0.3, 0.4) is 0 Å². The number of hydrogen-bond donors (Lipinski definition) is 1. The van der Waals surface area contributed by atoms with Crippen molar-refractivity contribution in [3.05, 3.63) is 23.8 Å². The lowest BCUT2D eigenvalue weighted by atomic mass is 10.1. The van der Waals surface area contributed by atoms with Gasteiger partial charge < -0.3 is 4.90 Å². The minimum Gasteiger partial charge on any atom is -0.311 e. The Bertz CT molecular complexity index is 688. The van der Waals surface area contributed by atoms with Gasteiger partial charge in [0.1, 0.15) is 0 Å². The molecule has 1 unspecified atom stereocenters. The van der Waals surface area contributed by atoms with Gasteiger partial charge in [-0.15, -0.1) is 0 Å². The van der Waals surface area contributed by atoms with Crippen LogP contribution in [0.15, 0.2) is 23.1 Å². The number of carbonyl (C=O) groups is 1. The van der Waals surface area contributed by atoms with Crippen molar-refractivity contribution in [3.8, 4) is 0 Å². The third kappa shape index (κ3) is 4.10. The van der Waals surface area contributed by atoms with Crippen molar-refractivity contribution in [1.82, 2.24) is 4.90 Å². The first kappa shape index (κ1) is 17.9. The molecule has 0 bridgehead atoms. The van der Waals surface area contributed by atoms with Gasteiger partial charge in [0.25, 0.3) is 0 Å². The molecule has 1 aliphatic rings. The van der Waals surface area contributed by atoms with Gasteiger partial charge in [-0.2, -0.15) is 0 Å². The van der Waals surface area contributed by atoms with Gasteiger partial charge in [-0.3, -0.25) is 9.69 Å². The molecule has 0 aliphatic carbocycles. The fourth-order valence-electron chi connectivity index (χ4n) is 2.91. The van der Waals surface area contributed by atoms with E-state index in [1.54, 1.807) is 17.0 Å². The number of likely N-dealkylation sites (N-methyl/N-ethyl adjacent to an activating group) is 1. The lowest BCUT2D eigenvalue weighted by molar-refractivity contribution is -0.119. The second-order valence-corrected chi connectivity index (χ2v) is 7.75. The largest absolute Gasteiger partial charge is 0.311 e. The Morgan fingerprint density at radius 2 is 2.13 bits per heavy atom. The topological polar surface area (TPSA) is 83.7 Å². The van der Waals surface area contributed by atoms with Gasteiger partial charge in [0.15, 0.2) is 0 Å². The lowest BCUT2D eigenvalue weighted by Crippen LogP contribution is -2.41. The number of benzene rings is 1. The molecular formula is C16H25N3O3S. The summed E-state index contributed by atoms with van der Waals surface area (Å²) in [4.78, 5) is 16.4. The van der Waals surface area contributed by atoms with Crippen molar-refractivity contribution in [2.24, 2.45) is 5.14 Å². The molecule has 1 aliphatic heterocycles. The van der Waals surface area contributed by atoms with Crippen LogP contribution in [0.4, 0.5) is 5.69 Å². The van der Waals surface area contributed by atoms with E-state index in [1.807, 2.05) is 7.05 Å². The number of fused-ring (bicyclic) bond motifs is 1. The minimum atomic E-state index is -3.71. The summed E-state index contributed by atoms with van der Waals surface area (Å²) < 4.78 is 22.8. The van der Waals surface area contributed by atoms with Crippen LogP contribution in [0, 0.1) is 0 Å². The molecule has 0 radical (unpaired) electrons. The zero-order valence-electron chi connectivity index (χ0n) is 13.9. The second-order valence-electron chi connectivity index (χ2n) is 6.18. The zero-order chi connectivity index (χ0) is 17.2. The molecule has 0 saturated heterocycles. The van der Waals surface area contributed by atoms with Crippen LogP contribution in [0.5, 0.6) is 0 Å². The van der Waals surface area contributed by atoms with Gasteiger partial charge in [0.05, 0.1) is 11.4 Å². The van der Waals surface area contributed by atoms with Crippen LogP contribution >= 0.6 is 0 Å². The molecule has 6 nitrogen and oxygen atoms in total. The van der Waals surface area contributed by atoms with Crippen LogP contribution in [0.1, 0.15) is 32.3 Å². The molecule has 0 saturated carbocycles. The van der Waals surface area contributed by atoms with E-state index in [9.17, 15) is 13.2 Å². The first-order valence-electron chi connectivity index (χ1n) is 7.90. The van der Waals surface area contributed by atoms with E-state index < -0.39 is 10.0 Å². The summed E-state index contributed by atoms with van der Waals surface area (Å²) in [5.74, 6) is 0.0394. The van der Waals surface area contributed by atoms with E-state index in [0.29, 0.717) is 25.6 Å². The molecule has 1 aromatic carbocycles. The average molecular weight is 339 g/mol. The van der Waals surface area contributed by atoms with Crippen molar-refractivity contribution in [2.75, 3.05) is 25.0 Å². The van der Waals surface area contributed by atoms with Crippen LogP contribution in [0.2, 0.25) is 0 Å². The van der Waals surface area contributed by atoms with Gasteiger partial charge in [-0.1, -0.05) is 13.3 Å². The maximum absolute atomic E-state index is 12.6. The zero-order valence-corrected chi connectivity index (χ0v) is 14.8. The molecule has 23 heavy (non-hydrogen) atoms. The van der Waals surface area contributed by atoms with Gasteiger partial charge in [0, 0.05) is 18.3 Å². The highest BCUT2D eigenvalue weighted by atomic mass is 32.2. The normalized spacial score (nSPS) is 15.8. The summed E-state index contributed by atoms with van der Waals surface area (Å²) in [5, 5.41) is 5.16. The van der Waals surface area contributed by atoms with Crippen molar-refractivity contribution < 1.29 is 13.2 Å². The number of nitrogens with zero attached hydrogens (tertiary/aromatic N) is 2. The summed E-state index contributed by atoms with van der Waals surface area (Å²) in [7, 11) is -1.75. The monoisotopic (exact) mass is 339 g/mol. The molecule has 1 atom stereocenters. The smallest absolute Gasteiger partial charge is 0.241 e. The number of rotatable bonds is 6. The highest BCUT2D eigenvalue weighted by Gasteiger charge is 2.27. The number of sulfonamides is 1. The predicted molar refractivity (Wildman–Crippen MR) is 90.9 cm³/mol. The number of hydrogen-bond acceptors (Lipinski definition) is 4. The van der Waals surface area contributed by atoms with Crippen LogP contribution < -0.4 is 10.0 Å². The van der Waals surface area contributed by atoms with Crippen molar-refractivity contribution >= 4 is 21.6 Å². The minimum absolute atomic E-state index is 0.0394. The summed E-state index contributed by atoms with van der Waals surface area (Å²) in [6.45, 7) is 5.19. The van der Waals surface area contributed by atoms with Crippen molar-refractivity contribution in [3.63, 3.8) is 0 Å². The third-order valence-corrected chi connectivity index (χ3v) is 5.33. The Labute approximate surface area is 138 Å². The molecule has 1 heterocycles. The predicted octanol–water partition coefficient (Wildman–Crippen LogP) is 1.34. The van der Waals surface area contributed by atoms with Crippen LogP contribution in [-0.4, -0.2) is 45.4 Å². The molecule has 0 aromatic heterocycles. The molecule has 0 spiro atoms. The van der Waals surface area contributed by atoms with E-state index in [2.05, 4.69) is 18.7 Å². The molecule has 1 aromatic rings. The fraction of sp³-hybridized carbons (Fsp3) is 0.562. The standard InChI is InChI=1S/C16H25N3O3S/c1-4-5-12(2)18(3)11-16(20)19-9-8-13-10-14(23(17,21)22)6-7-15(13)19/h6-7,10,12H,4-5,8-9,11H2,1-3H3,(H2,17,21,22). The number of anilines is 1. The highest BCUT2D eigenvalue weighted by molar-refractivity contribution is 7.89. The number of primary sulfonamides is 1. The number of amides is 1. The van der Waals surface area contributed by atoms with E-state index in [0.717, 1.165) is 24.1 Å². The van der Waals surface area contributed by atoms with Gasteiger partial charge in [-0.25, -0.2) is 13.6 Å². The molecule has 0 fully saturated rings. The highest BCUT2D eigenvalue weighted by Crippen LogP contribution is 2.30. The Hall–Kier alpha value is -1.44.